The van der Waals surface area contributed by atoms with Gasteiger partial charge >= 0.3 is 0 Å². The fourth-order valence-electron chi connectivity index (χ4n) is 2.69. The zero-order valence-corrected chi connectivity index (χ0v) is 14.0. The standard InChI is InChI=1S/C17H16BrN3O/c1-11-6-8-12(9-7-11)17(13-4-3-5-14(18)10-13)15(22)21(2)16(19)20-17/h3-10H,1-2H3,(H2,19,20). The van der Waals surface area contributed by atoms with Crippen LogP contribution in [0.3, 0.4) is 0 Å². The lowest BCUT2D eigenvalue weighted by molar-refractivity contribution is -0.129. The van der Waals surface area contributed by atoms with Gasteiger partial charge in [-0.25, -0.2) is 4.99 Å². The normalized spacial score (nSPS) is 21.1. The SMILES string of the molecule is Cc1ccc(C2(c3cccc(Br)c3)N=C(N)N(C)C2=O)cc1. The molecule has 0 aliphatic carbocycles. The summed E-state index contributed by atoms with van der Waals surface area (Å²) in [5.74, 6) is 0.0810. The van der Waals surface area contributed by atoms with E-state index < -0.39 is 5.54 Å². The maximum atomic E-state index is 13.0. The molecule has 0 saturated carbocycles. The van der Waals surface area contributed by atoms with E-state index in [1.54, 1.807) is 7.05 Å². The van der Waals surface area contributed by atoms with Crippen molar-refractivity contribution in [1.82, 2.24) is 4.90 Å². The molecule has 2 aromatic carbocycles. The minimum absolute atomic E-state index is 0.146. The maximum Gasteiger partial charge on any atom is 0.266 e. The lowest BCUT2D eigenvalue weighted by Gasteiger charge is -2.26. The number of nitrogens with two attached hydrogens (primary N) is 1. The number of carbonyl (C=O) groups is 1. The molecular formula is C17H16BrN3O. The van der Waals surface area contributed by atoms with E-state index >= 15 is 0 Å². The van der Waals surface area contributed by atoms with Gasteiger partial charge in [-0.2, -0.15) is 0 Å². The third-order valence-electron chi connectivity index (χ3n) is 3.95. The van der Waals surface area contributed by atoms with Gasteiger partial charge in [0.1, 0.15) is 0 Å². The van der Waals surface area contributed by atoms with Gasteiger partial charge in [-0.05, 0) is 30.2 Å². The van der Waals surface area contributed by atoms with Gasteiger partial charge in [-0.15, -0.1) is 0 Å². The molecule has 1 aliphatic rings. The highest BCUT2D eigenvalue weighted by Crippen LogP contribution is 2.39. The molecule has 1 unspecified atom stereocenters. The summed E-state index contributed by atoms with van der Waals surface area (Å²) in [6.45, 7) is 2.01. The van der Waals surface area contributed by atoms with Crippen molar-refractivity contribution in [3.05, 3.63) is 69.7 Å². The number of aliphatic imine (C=N–C) groups is 1. The van der Waals surface area contributed by atoms with Crippen molar-refractivity contribution in [3.8, 4) is 0 Å². The van der Waals surface area contributed by atoms with E-state index in [1.165, 1.54) is 4.90 Å². The first-order valence-electron chi connectivity index (χ1n) is 6.92. The second kappa shape index (κ2) is 5.25. The largest absolute Gasteiger partial charge is 0.369 e. The average molecular weight is 358 g/mol. The van der Waals surface area contributed by atoms with Crippen molar-refractivity contribution in [1.29, 1.82) is 0 Å². The highest BCUT2D eigenvalue weighted by atomic mass is 79.9. The Morgan fingerprint density at radius 1 is 1.14 bits per heavy atom. The van der Waals surface area contributed by atoms with Crippen LogP contribution in [0.5, 0.6) is 0 Å². The number of rotatable bonds is 2. The van der Waals surface area contributed by atoms with Crippen LogP contribution in [0.15, 0.2) is 58.0 Å². The molecule has 3 rings (SSSR count). The minimum atomic E-state index is -1.11. The third-order valence-corrected chi connectivity index (χ3v) is 4.45. The van der Waals surface area contributed by atoms with E-state index in [-0.39, 0.29) is 11.9 Å². The first-order valence-corrected chi connectivity index (χ1v) is 7.71. The van der Waals surface area contributed by atoms with Crippen LogP contribution >= 0.6 is 15.9 Å². The quantitative estimate of drug-likeness (QED) is 0.898. The van der Waals surface area contributed by atoms with E-state index in [0.717, 1.165) is 21.2 Å². The summed E-state index contributed by atoms with van der Waals surface area (Å²) in [5, 5.41) is 0. The number of hydrogen-bond donors (Lipinski definition) is 1. The zero-order valence-electron chi connectivity index (χ0n) is 12.4. The van der Waals surface area contributed by atoms with Gasteiger partial charge in [-0.1, -0.05) is 57.9 Å². The number of amides is 1. The predicted molar refractivity (Wildman–Crippen MR) is 90.5 cm³/mol. The van der Waals surface area contributed by atoms with Crippen molar-refractivity contribution in [3.63, 3.8) is 0 Å². The number of likely N-dealkylation sites (N-methyl/N-ethyl adjacent to an activating group) is 1. The van der Waals surface area contributed by atoms with Crippen molar-refractivity contribution in [2.45, 2.75) is 12.5 Å². The molecule has 0 spiro atoms. The summed E-state index contributed by atoms with van der Waals surface area (Å²) in [5.41, 5.74) is 7.55. The number of aryl methyl sites for hydroxylation is 1. The van der Waals surface area contributed by atoms with Crippen LogP contribution in [-0.2, 0) is 10.3 Å². The monoisotopic (exact) mass is 357 g/mol. The van der Waals surface area contributed by atoms with Crippen LogP contribution in [0.2, 0.25) is 0 Å². The molecule has 0 saturated heterocycles. The second-order valence-electron chi connectivity index (χ2n) is 5.42. The number of benzene rings is 2. The number of halogens is 1. The molecule has 1 amide bonds. The molecule has 5 heteroatoms. The summed E-state index contributed by atoms with van der Waals surface area (Å²) in [6, 6.07) is 15.5. The molecule has 0 aromatic heterocycles. The number of guanidine groups is 1. The highest BCUT2D eigenvalue weighted by molar-refractivity contribution is 9.10. The van der Waals surface area contributed by atoms with Crippen LogP contribution in [0.1, 0.15) is 16.7 Å². The first kappa shape index (κ1) is 14.8. The van der Waals surface area contributed by atoms with Crippen LogP contribution < -0.4 is 5.73 Å². The van der Waals surface area contributed by atoms with Crippen LogP contribution in [-0.4, -0.2) is 23.8 Å². The zero-order chi connectivity index (χ0) is 15.9. The Morgan fingerprint density at radius 3 is 2.36 bits per heavy atom. The van der Waals surface area contributed by atoms with E-state index in [9.17, 15) is 4.79 Å². The van der Waals surface area contributed by atoms with Crippen LogP contribution in [0, 0.1) is 6.92 Å². The Kier molecular flexibility index (Phi) is 3.53. The molecular weight excluding hydrogens is 342 g/mol. The molecule has 2 aromatic rings. The van der Waals surface area contributed by atoms with Crippen LogP contribution in [0.4, 0.5) is 0 Å². The fourth-order valence-corrected chi connectivity index (χ4v) is 3.09. The number of carbonyl (C=O) groups excluding carboxylic acids is 1. The fraction of sp³-hybridized carbons (Fsp3) is 0.176. The summed E-state index contributed by atoms with van der Waals surface area (Å²) < 4.78 is 0.896. The van der Waals surface area contributed by atoms with E-state index in [1.807, 2.05) is 55.5 Å². The van der Waals surface area contributed by atoms with E-state index in [2.05, 4.69) is 20.9 Å². The van der Waals surface area contributed by atoms with Crippen LogP contribution in [0.25, 0.3) is 0 Å². The van der Waals surface area contributed by atoms with Gasteiger partial charge in [0.05, 0.1) is 0 Å². The first-order chi connectivity index (χ1) is 10.4. The number of hydrogen-bond acceptors (Lipinski definition) is 3. The second-order valence-corrected chi connectivity index (χ2v) is 6.34. The molecule has 0 radical (unpaired) electrons. The molecule has 0 bridgehead atoms. The molecule has 112 valence electrons. The summed E-state index contributed by atoms with van der Waals surface area (Å²) in [4.78, 5) is 18.9. The molecule has 1 heterocycles. The Balaban J connectivity index is 2.28. The molecule has 1 aliphatic heterocycles. The molecule has 22 heavy (non-hydrogen) atoms. The summed E-state index contributed by atoms with van der Waals surface area (Å²) in [6.07, 6.45) is 0. The van der Waals surface area contributed by atoms with Gasteiger partial charge in [0.15, 0.2) is 11.5 Å². The Labute approximate surface area is 137 Å². The van der Waals surface area contributed by atoms with E-state index in [0.29, 0.717) is 0 Å². The lowest BCUT2D eigenvalue weighted by Crippen LogP contribution is -2.41. The summed E-state index contributed by atoms with van der Waals surface area (Å²) >= 11 is 3.46. The van der Waals surface area contributed by atoms with Crippen molar-refractivity contribution in [2.75, 3.05) is 7.05 Å². The Hall–Kier alpha value is -2.14. The molecule has 2 N–H and O–H groups in total. The van der Waals surface area contributed by atoms with Gasteiger partial charge < -0.3 is 5.73 Å². The Bertz CT molecular complexity index is 770. The predicted octanol–water partition coefficient (Wildman–Crippen LogP) is 2.79. The summed E-state index contributed by atoms with van der Waals surface area (Å²) in [7, 11) is 1.65. The maximum absolute atomic E-state index is 13.0. The highest BCUT2D eigenvalue weighted by Gasteiger charge is 2.49. The smallest absolute Gasteiger partial charge is 0.266 e. The lowest BCUT2D eigenvalue weighted by atomic mass is 9.82. The third kappa shape index (κ3) is 2.13. The number of nitrogens with zero attached hydrogens (tertiary/aromatic N) is 2. The molecule has 0 fully saturated rings. The van der Waals surface area contributed by atoms with Crippen molar-refractivity contribution in [2.24, 2.45) is 10.7 Å². The van der Waals surface area contributed by atoms with Gasteiger partial charge in [0, 0.05) is 11.5 Å². The minimum Gasteiger partial charge on any atom is -0.369 e. The van der Waals surface area contributed by atoms with Gasteiger partial charge in [0.25, 0.3) is 5.91 Å². The van der Waals surface area contributed by atoms with Gasteiger partial charge in [0.2, 0.25) is 0 Å². The van der Waals surface area contributed by atoms with Crippen molar-refractivity contribution < 1.29 is 4.79 Å². The molecule has 4 nitrogen and oxygen atoms in total. The van der Waals surface area contributed by atoms with Crippen molar-refractivity contribution >= 4 is 27.8 Å². The van der Waals surface area contributed by atoms with E-state index in [4.69, 9.17) is 5.73 Å². The molecule has 1 atom stereocenters. The Morgan fingerprint density at radius 2 is 1.82 bits per heavy atom. The topological polar surface area (TPSA) is 58.7 Å². The average Bonchev–Trinajstić information content (AvgIpc) is 2.73. The van der Waals surface area contributed by atoms with Gasteiger partial charge in [-0.3, -0.25) is 9.69 Å².